The molecule has 0 N–H and O–H groups in total. The summed E-state index contributed by atoms with van der Waals surface area (Å²) in [6.45, 7) is 1.21. The topological polar surface area (TPSA) is 47.9 Å². The first-order valence-electron chi connectivity index (χ1n) is 5.94. The van der Waals surface area contributed by atoms with Crippen molar-refractivity contribution in [1.29, 1.82) is 0 Å². The molecular formula is C13H12ClNO3. The highest BCUT2D eigenvalue weighted by Gasteiger charge is 2.45. The van der Waals surface area contributed by atoms with E-state index >= 15 is 0 Å². The number of hydrogen-bond donors (Lipinski definition) is 0. The predicted molar refractivity (Wildman–Crippen MR) is 66.1 cm³/mol. The minimum atomic E-state index is -0.434. The van der Waals surface area contributed by atoms with Crippen molar-refractivity contribution in [2.75, 3.05) is 13.2 Å². The molecule has 0 spiro atoms. The molecule has 1 aliphatic carbocycles. The van der Waals surface area contributed by atoms with E-state index in [0.29, 0.717) is 29.7 Å². The van der Waals surface area contributed by atoms with Crippen molar-refractivity contribution in [2.24, 2.45) is 4.99 Å². The summed E-state index contributed by atoms with van der Waals surface area (Å²) in [4.78, 5) is 14.4. The Kier molecular flexibility index (Phi) is 2.77. The lowest BCUT2D eigenvalue weighted by atomic mass is 10.0. The molecule has 0 bridgehead atoms. The van der Waals surface area contributed by atoms with Crippen LogP contribution >= 0.6 is 11.6 Å². The molecule has 0 radical (unpaired) electrons. The Morgan fingerprint density at radius 2 is 2.06 bits per heavy atom. The Balaban J connectivity index is 2.06. The summed E-state index contributed by atoms with van der Waals surface area (Å²) in [5.74, 6) is 1.23. The second-order valence-electron chi connectivity index (χ2n) is 4.57. The molecule has 4 nitrogen and oxygen atoms in total. The first-order chi connectivity index (χ1) is 8.75. The van der Waals surface area contributed by atoms with Crippen molar-refractivity contribution in [3.63, 3.8) is 0 Å². The molecule has 1 heterocycles. The van der Waals surface area contributed by atoms with Crippen molar-refractivity contribution in [3.05, 3.63) is 22.7 Å². The highest BCUT2D eigenvalue weighted by molar-refractivity contribution is 6.32. The maximum Gasteiger partial charge on any atom is 0.235 e. The van der Waals surface area contributed by atoms with E-state index in [4.69, 9.17) is 21.1 Å². The van der Waals surface area contributed by atoms with Gasteiger partial charge < -0.3 is 9.47 Å². The summed E-state index contributed by atoms with van der Waals surface area (Å²) < 4.78 is 11.2. The zero-order valence-corrected chi connectivity index (χ0v) is 10.5. The molecule has 0 unspecified atom stereocenters. The number of fused-ring (bicyclic) bond motifs is 1. The summed E-state index contributed by atoms with van der Waals surface area (Å²) >= 11 is 6.21. The van der Waals surface area contributed by atoms with Crippen molar-refractivity contribution < 1.29 is 14.3 Å². The third-order valence-electron chi connectivity index (χ3n) is 3.32. The van der Waals surface area contributed by atoms with Crippen molar-refractivity contribution in [2.45, 2.75) is 24.8 Å². The minimum absolute atomic E-state index is 0.434. The van der Waals surface area contributed by atoms with Gasteiger partial charge in [0.2, 0.25) is 6.08 Å². The summed E-state index contributed by atoms with van der Waals surface area (Å²) in [7, 11) is 0. The Morgan fingerprint density at radius 1 is 1.28 bits per heavy atom. The van der Waals surface area contributed by atoms with E-state index < -0.39 is 5.54 Å². The molecule has 2 aliphatic rings. The summed E-state index contributed by atoms with van der Waals surface area (Å²) in [5.41, 5.74) is 0.468. The number of aliphatic imine (C=N–C) groups is 1. The number of isocyanates is 1. The molecule has 0 saturated heterocycles. The summed E-state index contributed by atoms with van der Waals surface area (Å²) in [6, 6.07) is 3.68. The number of halogens is 1. The van der Waals surface area contributed by atoms with Gasteiger partial charge >= 0.3 is 0 Å². The van der Waals surface area contributed by atoms with Crippen LogP contribution < -0.4 is 9.47 Å². The summed E-state index contributed by atoms with van der Waals surface area (Å²) in [5, 5.41) is 0.511. The highest BCUT2D eigenvalue weighted by atomic mass is 35.5. The number of ether oxygens (including phenoxy) is 2. The van der Waals surface area contributed by atoms with E-state index in [9.17, 15) is 4.79 Å². The Labute approximate surface area is 110 Å². The van der Waals surface area contributed by atoms with Crippen LogP contribution in [0.2, 0.25) is 5.02 Å². The number of hydrogen-bond acceptors (Lipinski definition) is 4. The van der Waals surface area contributed by atoms with Gasteiger partial charge in [0.1, 0.15) is 0 Å². The van der Waals surface area contributed by atoms with Gasteiger partial charge in [-0.1, -0.05) is 11.6 Å². The molecule has 18 heavy (non-hydrogen) atoms. The van der Waals surface area contributed by atoms with Gasteiger partial charge in [0.05, 0.1) is 23.8 Å². The maximum atomic E-state index is 10.5. The second kappa shape index (κ2) is 4.30. The molecule has 94 valence electrons. The quantitative estimate of drug-likeness (QED) is 0.610. The zero-order chi connectivity index (χ0) is 12.6. The fourth-order valence-corrected chi connectivity index (χ4v) is 2.44. The van der Waals surface area contributed by atoms with Crippen molar-refractivity contribution in [3.8, 4) is 11.5 Å². The first kappa shape index (κ1) is 11.6. The fraction of sp³-hybridized carbons (Fsp3) is 0.462. The van der Waals surface area contributed by atoms with Gasteiger partial charge in [0.25, 0.3) is 0 Å². The van der Waals surface area contributed by atoms with E-state index in [-0.39, 0.29) is 0 Å². The average Bonchev–Trinajstić information content (AvgIpc) is 3.13. The smallest absolute Gasteiger partial charge is 0.235 e. The molecule has 1 saturated carbocycles. The molecule has 1 aromatic carbocycles. The van der Waals surface area contributed by atoms with Gasteiger partial charge in [0, 0.05) is 6.42 Å². The lowest BCUT2D eigenvalue weighted by Crippen LogP contribution is -2.04. The predicted octanol–water partition coefficient (Wildman–Crippen LogP) is 2.83. The fourth-order valence-electron chi connectivity index (χ4n) is 2.17. The molecule has 1 aromatic rings. The zero-order valence-electron chi connectivity index (χ0n) is 9.74. The van der Waals surface area contributed by atoms with Crippen LogP contribution in [-0.2, 0) is 10.3 Å². The molecule has 0 atom stereocenters. The van der Waals surface area contributed by atoms with Crippen LogP contribution in [0.5, 0.6) is 11.5 Å². The molecule has 0 aromatic heterocycles. The van der Waals surface area contributed by atoms with E-state index in [0.717, 1.165) is 24.8 Å². The van der Waals surface area contributed by atoms with Crippen LogP contribution in [0.25, 0.3) is 0 Å². The largest absolute Gasteiger partial charge is 0.489 e. The normalized spacial score (nSPS) is 19.6. The van der Waals surface area contributed by atoms with Crippen LogP contribution in [0.4, 0.5) is 0 Å². The molecular weight excluding hydrogens is 254 g/mol. The van der Waals surface area contributed by atoms with Crippen LogP contribution in [0.15, 0.2) is 17.1 Å². The van der Waals surface area contributed by atoms with Crippen molar-refractivity contribution in [1.82, 2.24) is 0 Å². The van der Waals surface area contributed by atoms with E-state index in [1.807, 2.05) is 12.1 Å². The third-order valence-corrected chi connectivity index (χ3v) is 3.60. The Bertz CT molecular complexity index is 533. The van der Waals surface area contributed by atoms with Gasteiger partial charge in [-0.2, -0.15) is 4.99 Å². The van der Waals surface area contributed by atoms with Gasteiger partial charge in [-0.15, -0.1) is 0 Å². The third kappa shape index (κ3) is 1.88. The van der Waals surface area contributed by atoms with Gasteiger partial charge in [-0.25, -0.2) is 4.79 Å². The Morgan fingerprint density at radius 3 is 2.78 bits per heavy atom. The van der Waals surface area contributed by atoms with E-state index in [1.165, 1.54) is 0 Å². The summed E-state index contributed by atoms with van der Waals surface area (Å²) in [6.07, 6.45) is 4.16. The molecule has 5 heteroatoms. The molecule has 0 amide bonds. The number of benzene rings is 1. The van der Waals surface area contributed by atoms with Crippen LogP contribution in [0, 0.1) is 0 Å². The van der Waals surface area contributed by atoms with E-state index in [2.05, 4.69) is 4.99 Å². The van der Waals surface area contributed by atoms with Crippen LogP contribution in [0.1, 0.15) is 24.8 Å². The molecule has 1 aliphatic heterocycles. The molecule has 1 fully saturated rings. The van der Waals surface area contributed by atoms with Crippen LogP contribution in [0.3, 0.4) is 0 Å². The van der Waals surface area contributed by atoms with Gasteiger partial charge in [-0.3, -0.25) is 0 Å². The van der Waals surface area contributed by atoms with E-state index in [1.54, 1.807) is 6.08 Å². The standard InChI is InChI=1S/C13H12ClNO3/c14-10-6-9(13(2-3-13)15-8-16)7-11-12(10)18-5-1-4-17-11/h6-7H,1-5H2. The van der Waals surface area contributed by atoms with Gasteiger partial charge in [-0.05, 0) is 30.5 Å². The molecule has 3 rings (SSSR count). The highest BCUT2D eigenvalue weighted by Crippen LogP contribution is 2.52. The SMILES string of the molecule is O=C=NC1(c2cc(Cl)c3c(c2)OCCCO3)CC1. The lowest BCUT2D eigenvalue weighted by molar-refractivity contribution is 0.297. The number of nitrogens with zero attached hydrogens (tertiary/aromatic N) is 1. The number of carbonyl (C=O) groups excluding carboxylic acids is 1. The minimum Gasteiger partial charge on any atom is -0.489 e. The number of rotatable bonds is 2. The van der Waals surface area contributed by atoms with Crippen LogP contribution in [-0.4, -0.2) is 19.3 Å². The average molecular weight is 266 g/mol. The second-order valence-corrected chi connectivity index (χ2v) is 4.98. The maximum absolute atomic E-state index is 10.5. The first-order valence-corrected chi connectivity index (χ1v) is 6.32. The lowest BCUT2D eigenvalue weighted by Gasteiger charge is -2.14. The monoisotopic (exact) mass is 265 g/mol. The van der Waals surface area contributed by atoms with Gasteiger partial charge in [0.15, 0.2) is 11.5 Å². The van der Waals surface area contributed by atoms with Crippen molar-refractivity contribution >= 4 is 17.7 Å². The Hall–Kier alpha value is -1.51.